The van der Waals surface area contributed by atoms with E-state index in [1.54, 1.807) is 0 Å². The minimum absolute atomic E-state index is 0.425. The van der Waals surface area contributed by atoms with Crippen LogP contribution in [0.1, 0.15) is 64.2 Å². The van der Waals surface area contributed by atoms with Crippen molar-refractivity contribution in [2.45, 2.75) is 94.9 Å². The molecule has 0 aromatic heterocycles. The Balaban J connectivity index is 1.53. The number of ether oxygens (including phenoxy) is 2. The fourth-order valence-corrected chi connectivity index (χ4v) is 3.77. The summed E-state index contributed by atoms with van der Waals surface area (Å²) in [5.74, 6) is 0.934. The van der Waals surface area contributed by atoms with Crippen LogP contribution in [-0.4, -0.2) is 64.3 Å². The van der Waals surface area contributed by atoms with Crippen LogP contribution >= 0.6 is 0 Å². The van der Waals surface area contributed by atoms with Crippen molar-refractivity contribution in [3.63, 3.8) is 0 Å². The first-order valence-corrected chi connectivity index (χ1v) is 9.55. The highest BCUT2D eigenvalue weighted by Gasteiger charge is 2.43. The lowest BCUT2D eigenvalue weighted by Gasteiger charge is -2.39. The van der Waals surface area contributed by atoms with E-state index < -0.39 is 37.3 Å². The minimum atomic E-state index is -1.36. The van der Waals surface area contributed by atoms with E-state index in [4.69, 9.17) is 14.6 Å². The van der Waals surface area contributed by atoms with E-state index in [1.165, 1.54) is 51.4 Å². The Hall–Kier alpha value is -0.240. The number of rotatable bonds is 9. The predicted molar refractivity (Wildman–Crippen MR) is 89.4 cm³/mol. The van der Waals surface area contributed by atoms with Gasteiger partial charge in [0.1, 0.15) is 24.4 Å². The van der Waals surface area contributed by atoms with Crippen molar-refractivity contribution in [3.05, 3.63) is 0 Å². The number of hydrogen-bond acceptors (Lipinski definition) is 6. The third-order valence-corrected chi connectivity index (χ3v) is 5.36. The molecule has 1 saturated carbocycles. The summed E-state index contributed by atoms with van der Waals surface area (Å²) in [5.41, 5.74) is 0. The minimum Gasteiger partial charge on any atom is -0.394 e. The Morgan fingerprint density at radius 2 is 1.54 bits per heavy atom. The van der Waals surface area contributed by atoms with E-state index in [1.807, 2.05) is 0 Å². The van der Waals surface area contributed by atoms with Crippen molar-refractivity contribution in [1.82, 2.24) is 0 Å². The molecule has 5 atom stereocenters. The van der Waals surface area contributed by atoms with Crippen LogP contribution in [0.15, 0.2) is 0 Å². The highest BCUT2D eigenvalue weighted by molar-refractivity contribution is 4.88. The normalized spacial score (nSPS) is 35.2. The first kappa shape index (κ1) is 20.1. The summed E-state index contributed by atoms with van der Waals surface area (Å²) in [6.45, 7) is 0.0120. The Morgan fingerprint density at radius 3 is 2.25 bits per heavy atom. The zero-order chi connectivity index (χ0) is 17.4. The lowest BCUT2D eigenvalue weighted by atomic mass is 9.85. The largest absolute Gasteiger partial charge is 0.394 e. The first-order chi connectivity index (χ1) is 11.6. The molecule has 2 fully saturated rings. The molecule has 0 aromatic rings. The Morgan fingerprint density at radius 1 is 0.833 bits per heavy atom. The second kappa shape index (κ2) is 10.7. The van der Waals surface area contributed by atoms with E-state index in [2.05, 4.69) is 0 Å². The number of unbranched alkanes of at least 4 members (excludes halogenated alkanes) is 3. The van der Waals surface area contributed by atoms with Crippen molar-refractivity contribution < 1.29 is 29.9 Å². The van der Waals surface area contributed by atoms with Crippen LogP contribution in [-0.2, 0) is 9.47 Å². The third-order valence-electron chi connectivity index (χ3n) is 5.36. The molecule has 1 aliphatic carbocycles. The van der Waals surface area contributed by atoms with Crippen molar-refractivity contribution in [2.75, 3.05) is 13.2 Å². The molecule has 1 saturated heterocycles. The van der Waals surface area contributed by atoms with Crippen molar-refractivity contribution in [3.8, 4) is 0 Å². The molecule has 0 aromatic carbocycles. The van der Waals surface area contributed by atoms with Gasteiger partial charge >= 0.3 is 0 Å². The highest BCUT2D eigenvalue weighted by Crippen LogP contribution is 2.28. The lowest BCUT2D eigenvalue weighted by Crippen LogP contribution is -2.59. The Labute approximate surface area is 144 Å². The average molecular weight is 346 g/mol. The molecule has 24 heavy (non-hydrogen) atoms. The summed E-state index contributed by atoms with van der Waals surface area (Å²) in [6, 6.07) is 0. The summed E-state index contributed by atoms with van der Waals surface area (Å²) in [4.78, 5) is 0. The van der Waals surface area contributed by atoms with Gasteiger partial charge < -0.3 is 29.9 Å². The van der Waals surface area contributed by atoms with Gasteiger partial charge in [-0.25, -0.2) is 0 Å². The van der Waals surface area contributed by atoms with Crippen LogP contribution in [0.3, 0.4) is 0 Å². The van der Waals surface area contributed by atoms with Gasteiger partial charge in [0, 0.05) is 6.61 Å². The predicted octanol–water partition coefficient (Wildman–Crippen LogP) is 1.33. The Bertz CT molecular complexity index is 331. The van der Waals surface area contributed by atoms with Gasteiger partial charge in [0.25, 0.3) is 0 Å². The molecular weight excluding hydrogens is 312 g/mol. The van der Waals surface area contributed by atoms with Gasteiger partial charge in [-0.2, -0.15) is 0 Å². The van der Waals surface area contributed by atoms with Gasteiger partial charge in [0.05, 0.1) is 6.61 Å². The van der Waals surface area contributed by atoms with Crippen LogP contribution in [0, 0.1) is 5.92 Å². The van der Waals surface area contributed by atoms with Crippen LogP contribution in [0.4, 0.5) is 0 Å². The molecular formula is C18H34O6. The molecule has 1 unspecified atom stereocenters. The van der Waals surface area contributed by atoms with Crippen LogP contribution in [0.25, 0.3) is 0 Å². The van der Waals surface area contributed by atoms with E-state index in [0.717, 1.165) is 18.8 Å². The molecule has 1 heterocycles. The van der Waals surface area contributed by atoms with E-state index in [0.29, 0.717) is 6.61 Å². The van der Waals surface area contributed by atoms with Crippen molar-refractivity contribution in [2.24, 2.45) is 5.92 Å². The fourth-order valence-electron chi connectivity index (χ4n) is 3.77. The first-order valence-electron chi connectivity index (χ1n) is 9.55. The highest BCUT2D eigenvalue weighted by atomic mass is 16.7. The maximum Gasteiger partial charge on any atom is 0.186 e. The molecule has 2 rings (SSSR count). The SMILES string of the molecule is OC[C@H]1OC(OCCCCCCC2CCCCC2)[C@H](O)[C@@H](O)[C@@H]1O. The molecule has 2 aliphatic rings. The van der Waals surface area contributed by atoms with Crippen LogP contribution in [0.2, 0.25) is 0 Å². The maximum atomic E-state index is 9.86. The number of aliphatic hydroxyl groups is 4. The molecule has 0 amide bonds. The number of aliphatic hydroxyl groups excluding tert-OH is 4. The monoisotopic (exact) mass is 346 g/mol. The van der Waals surface area contributed by atoms with Gasteiger partial charge in [0.2, 0.25) is 0 Å². The smallest absolute Gasteiger partial charge is 0.186 e. The van der Waals surface area contributed by atoms with Crippen molar-refractivity contribution >= 4 is 0 Å². The molecule has 142 valence electrons. The lowest BCUT2D eigenvalue weighted by molar-refractivity contribution is -0.301. The van der Waals surface area contributed by atoms with Gasteiger partial charge in [-0.05, 0) is 12.3 Å². The van der Waals surface area contributed by atoms with Crippen LogP contribution in [0.5, 0.6) is 0 Å². The molecule has 0 radical (unpaired) electrons. The second-order valence-electron chi connectivity index (χ2n) is 7.27. The molecule has 0 bridgehead atoms. The molecule has 6 nitrogen and oxygen atoms in total. The fraction of sp³-hybridized carbons (Fsp3) is 1.00. The van der Waals surface area contributed by atoms with E-state index in [-0.39, 0.29) is 0 Å². The average Bonchev–Trinajstić information content (AvgIpc) is 2.61. The molecule has 6 heteroatoms. The molecule has 0 spiro atoms. The van der Waals surface area contributed by atoms with Gasteiger partial charge in [-0.15, -0.1) is 0 Å². The summed E-state index contributed by atoms with van der Waals surface area (Å²) < 4.78 is 10.8. The van der Waals surface area contributed by atoms with Gasteiger partial charge in [-0.3, -0.25) is 0 Å². The molecule has 4 N–H and O–H groups in total. The van der Waals surface area contributed by atoms with Gasteiger partial charge in [0.15, 0.2) is 6.29 Å². The van der Waals surface area contributed by atoms with E-state index in [9.17, 15) is 15.3 Å². The summed E-state index contributed by atoms with van der Waals surface area (Å²) in [5, 5.41) is 38.4. The topological polar surface area (TPSA) is 99.4 Å². The van der Waals surface area contributed by atoms with E-state index >= 15 is 0 Å². The standard InChI is InChI=1S/C18H34O6/c19-12-14-15(20)16(21)17(22)18(24-14)23-11-7-2-1-4-8-13-9-5-3-6-10-13/h13-22H,1-12H2/t14-,15-,16+,17-,18?/m1/s1. The van der Waals surface area contributed by atoms with Crippen molar-refractivity contribution in [1.29, 1.82) is 0 Å². The van der Waals surface area contributed by atoms with Crippen LogP contribution < -0.4 is 0 Å². The second-order valence-corrected chi connectivity index (χ2v) is 7.27. The summed E-state index contributed by atoms with van der Waals surface area (Å²) in [6.07, 6.45) is 6.87. The zero-order valence-corrected chi connectivity index (χ0v) is 14.6. The molecule has 1 aliphatic heterocycles. The third kappa shape index (κ3) is 5.93. The zero-order valence-electron chi connectivity index (χ0n) is 14.6. The maximum absolute atomic E-state index is 9.86. The summed E-state index contributed by atoms with van der Waals surface area (Å²) >= 11 is 0. The Kier molecular flexibility index (Phi) is 8.94. The van der Waals surface area contributed by atoms with Gasteiger partial charge in [-0.1, -0.05) is 57.8 Å². The summed E-state index contributed by atoms with van der Waals surface area (Å²) in [7, 11) is 0. The quantitative estimate of drug-likeness (QED) is 0.470. The number of hydrogen-bond donors (Lipinski definition) is 4.